The van der Waals surface area contributed by atoms with Gasteiger partial charge in [-0.15, -0.1) is 0 Å². The predicted octanol–water partition coefficient (Wildman–Crippen LogP) is 7.21. The van der Waals surface area contributed by atoms with Crippen LogP contribution in [-0.4, -0.2) is 42.7 Å². The first-order valence-corrected chi connectivity index (χ1v) is 13.0. The van der Waals surface area contributed by atoms with E-state index in [2.05, 4.69) is 48.5 Å². The van der Waals surface area contributed by atoms with E-state index in [0.717, 1.165) is 67.9 Å². The fourth-order valence-corrected chi connectivity index (χ4v) is 5.56. The Labute approximate surface area is 235 Å². The van der Waals surface area contributed by atoms with Crippen LogP contribution in [0.2, 0.25) is 0 Å². The number of benzene rings is 4. The number of hydrogen-bond acceptors (Lipinski definition) is 6. The second kappa shape index (κ2) is 11.7. The van der Waals surface area contributed by atoms with Gasteiger partial charge in [-0.2, -0.15) is 0 Å². The average Bonchev–Trinajstić information content (AvgIpc) is 3.34. The maximum Gasteiger partial charge on any atom is 0.127 e. The van der Waals surface area contributed by atoms with Crippen LogP contribution in [0.4, 0.5) is 0 Å². The Morgan fingerprint density at radius 3 is 1.52 bits per heavy atom. The summed E-state index contributed by atoms with van der Waals surface area (Å²) in [6.07, 6.45) is 2.23. The van der Waals surface area contributed by atoms with Gasteiger partial charge in [0.05, 0.1) is 42.7 Å². The fraction of sp³-hybridized carbons (Fsp3) is 0.235. The predicted molar refractivity (Wildman–Crippen MR) is 158 cm³/mol. The number of hydrogen-bond donors (Lipinski definition) is 0. The Balaban J connectivity index is 1.83. The van der Waals surface area contributed by atoms with Gasteiger partial charge in [0, 0.05) is 29.5 Å². The van der Waals surface area contributed by atoms with Crippen molar-refractivity contribution in [1.82, 2.24) is 0 Å². The summed E-state index contributed by atoms with van der Waals surface area (Å²) in [5.74, 6) is 4.42. The van der Waals surface area contributed by atoms with Gasteiger partial charge in [0.25, 0.3) is 0 Å². The smallest absolute Gasteiger partial charge is 0.127 e. The van der Waals surface area contributed by atoms with Gasteiger partial charge >= 0.3 is 0 Å². The van der Waals surface area contributed by atoms with Gasteiger partial charge in [0.15, 0.2) is 0 Å². The van der Waals surface area contributed by atoms with Gasteiger partial charge in [0.1, 0.15) is 34.5 Å². The molecule has 4 aromatic rings. The normalized spacial score (nSPS) is 16.8. The van der Waals surface area contributed by atoms with Crippen LogP contribution in [0, 0.1) is 0 Å². The summed E-state index contributed by atoms with van der Waals surface area (Å²) in [5, 5.41) is 0. The zero-order valence-corrected chi connectivity index (χ0v) is 23.7. The Morgan fingerprint density at radius 1 is 0.475 bits per heavy atom. The highest BCUT2D eigenvalue weighted by atomic mass is 16.5. The molecule has 2 atom stereocenters. The van der Waals surface area contributed by atoms with Gasteiger partial charge in [-0.1, -0.05) is 30.3 Å². The molecule has 0 radical (unpaired) electrons. The van der Waals surface area contributed by atoms with Crippen molar-refractivity contribution in [3.8, 4) is 34.5 Å². The van der Waals surface area contributed by atoms with Crippen LogP contribution in [0.25, 0.3) is 11.6 Å². The number of allylic oxidation sites excluding steroid dienone is 1. The standard InChI is InChI=1S/C34H34O6/c1-35-24-11-7-21(8-12-24)15-29-30-19-28(39-5)20-31(40-6)34(30)33(22-9-13-25(36-2)14-10-22)32(29)23-16-26(37-3)18-27(17-23)38-4/h7-20,32-33H,1-6H3/b29-15-/t32-,33?/m1/s1. The van der Waals surface area contributed by atoms with Crippen molar-refractivity contribution in [2.45, 2.75) is 11.8 Å². The van der Waals surface area contributed by atoms with E-state index in [1.807, 2.05) is 36.4 Å². The molecule has 0 fully saturated rings. The van der Waals surface area contributed by atoms with Gasteiger partial charge in [-0.25, -0.2) is 0 Å². The van der Waals surface area contributed by atoms with Gasteiger partial charge in [-0.3, -0.25) is 0 Å². The van der Waals surface area contributed by atoms with E-state index in [0.29, 0.717) is 0 Å². The summed E-state index contributed by atoms with van der Waals surface area (Å²) in [5.41, 5.74) is 6.55. The van der Waals surface area contributed by atoms with Crippen molar-refractivity contribution in [1.29, 1.82) is 0 Å². The molecule has 0 aliphatic heterocycles. The highest BCUT2D eigenvalue weighted by Gasteiger charge is 2.41. The van der Waals surface area contributed by atoms with Crippen LogP contribution in [0.5, 0.6) is 34.5 Å². The van der Waals surface area contributed by atoms with E-state index in [1.165, 1.54) is 0 Å². The summed E-state index contributed by atoms with van der Waals surface area (Å²) in [7, 11) is 10.1. The van der Waals surface area contributed by atoms with E-state index in [-0.39, 0.29) is 11.8 Å². The summed E-state index contributed by atoms with van der Waals surface area (Å²) < 4.78 is 34.0. The fourth-order valence-electron chi connectivity index (χ4n) is 5.56. The Morgan fingerprint density at radius 2 is 1.00 bits per heavy atom. The highest BCUT2D eigenvalue weighted by Crippen LogP contribution is 2.59. The van der Waals surface area contributed by atoms with Crippen LogP contribution < -0.4 is 28.4 Å². The molecular weight excluding hydrogens is 504 g/mol. The third-order valence-electron chi connectivity index (χ3n) is 7.51. The maximum atomic E-state index is 6.00. The van der Waals surface area contributed by atoms with Crippen LogP contribution in [0.1, 0.15) is 39.7 Å². The molecule has 6 nitrogen and oxygen atoms in total. The zero-order chi connectivity index (χ0) is 28.2. The lowest BCUT2D eigenvalue weighted by molar-refractivity contribution is 0.389. The molecule has 0 bridgehead atoms. The zero-order valence-electron chi connectivity index (χ0n) is 23.7. The first kappa shape index (κ1) is 27.0. The quantitative estimate of drug-likeness (QED) is 0.225. The monoisotopic (exact) mass is 538 g/mol. The summed E-state index contributed by atoms with van der Waals surface area (Å²) in [6, 6.07) is 26.4. The molecule has 0 spiro atoms. The molecule has 1 aliphatic carbocycles. The molecule has 1 unspecified atom stereocenters. The largest absolute Gasteiger partial charge is 0.497 e. The van der Waals surface area contributed by atoms with Crippen molar-refractivity contribution in [2.75, 3.05) is 42.7 Å². The third-order valence-corrected chi connectivity index (χ3v) is 7.51. The number of methoxy groups -OCH3 is 6. The molecule has 4 aromatic carbocycles. The third kappa shape index (κ3) is 5.05. The van der Waals surface area contributed by atoms with E-state index in [1.54, 1.807) is 42.7 Å². The van der Waals surface area contributed by atoms with Gasteiger partial charge < -0.3 is 28.4 Å². The molecule has 0 aromatic heterocycles. The number of rotatable bonds is 9. The molecule has 40 heavy (non-hydrogen) atoms. The van der Waals surface area contributed by atoms with Crippen LogP contribution in [0.3, 0.4) is 0 Å². The van der Waals surface area contributed by atoms with Crippen molar-refractivity contribution < 1.29 is 28.4 Å². The van der Waals surface area contributed by atoms with E-state index in [4.69, 9.17) is 28.4 Å². The molecule has 1 aliphatic rings. The number of ether oxygens (including phenoxy) is 6. The molecule has 6 heteroatoms. The lowest BCUT2D eigenvalue weighted by atomic mass is 9.79. The molecule has 0 saturated carbocycles. The molecule has 0 N–H and O–H groups in total. The molecule has 206 valence electrons. The van der Waals surface area contributed by atoms with Crippen molar-refractivity contribution >= 4 is 11.6 Å². The van der Waals surface area contributed by atoms with E-state index < -0.39 is 0 Å². The Kier molecular flexibility index (Phi) is 7.87. The minimum absolute atomic E-state index is 0.0666. The SMILES string of the molecule is COc1ccc(/C=C2/c3cc(OC)cc(OC)c3C(c3ccc(OC)cc3)[C@@H]2c2cc(OC)cc(OC)c2)cc1. The lowest BCUT2D eigenvalue weighted by Gasteiger charge is -2.25. The minimum Gasteiger partial charge on any atom is -0.497 e. The topological polar surface area (TPSA) is 55.4 Å². The van der Waals surface area contributed by atoms with E-state index in [9.17, 15) is 0 Å². The van der Waals surface area contributed by atoms with Gasteiger partial charge in [-0.05, 0) is 70.3 Å². The second-order valence-electron chi connectivity index (χ2n) is 9.54. The average molecular weight is 539 g/mol. The maximum absolute atomic E-state index is 6.00. The van der Waals surface area contributed by atoms with Crippen LogP contribution in [-0.2, 0) is 0 Å². The van der Waals surface area contributed by atoms with E-state index >= 15 is 0 Å². The molecular formula is C34H34O6. The summed E-state index contributed by atoms with van der Waals surface area (Å²) in [6.45, 7) is 0. The first-order chi connectivity index (χ1) is 19.5. The lowest BCUT2D eigenvalue weighted by Crippen LogP contribution is -2.09. The molecule has 0 heterocycles. The van der Waals surface area contributed by atoms with Gasteiger partial charge in [0.2, 0.25) is 0 Å². The number of fused-ring (bicyclic) bond motifs is 1. The molecule has 0 saturated heterocycles. The summed E-state index contributed by atoms with van der Waals surface area (Å²) in [4.78, 5) is 0. The van der Waals surface area contributed by atoms with Crippen molar-refractivity contribution in [2.24, 2.45) is 0 Å². The van der Waals surface area contributed by atoms with Crippen LogP contribution >= 0.6 is 0 Å². The Hall–Kier alpha value is -4.58. The second-order valence-corrected chi connectivity index (χ2v) is 9.54. The van der Waals surface area contributed by atoms with Crippen molar-refractivity contribution in [3.63, 3.8) is 0 Å². The minimum atomic E-state index is -0.0875. The first-order valence-electron chi connectivity index (χ1n) is 13.0. The molecule has 5 rings (SSSR count). The van der Waals surface area contributed by atoms with Crippen LogP contribution in [0.15, 0.2) is 78.9 Å². The molecule has 0 amide bonds. The Bertz CT molecular complexity index is 1480. The highest BCUT2D eigenvalue weighted by molar-refractivity contribution is 5.93. The van der Waals surface area contributed by atoms with Crippen molar-refractivity contribution in [3.05, 3.63) is 107 Å². The summed E-state index contributed by atoms with van der Waals surface area (Å²) >= 11 is 0.